The van der Waals surface area contributed by atoms with Crippen LogP contribution in [0.4, 0.5) is 0 Å². The summed E-state index contributed by atoms with van der Waals surface area (Å²) in [4.78, 5) is 25.4. The highest BCUT2D eigenvalue weighted by Gasteiger charge is 2.63. The minimum atomic E-state index is -0.0397. The van der Waals surface area contributed by atoms with Gasteiger partial charge in [0.15, 0.2) is 0 Å². The van der Waals surface area contributed by atoms with Gasteiger partial charge in [0.1, 0.15) is 11.6 Å². The molecule has 4 fully saturated rings. The van der Waals surface area contributed by atoms with E-state index in [9.17, 15) is 9.59 Å². The minimum Gasteiger partial charge on any atom is -0.300 e. The summed E-state index contributed by atoms with van der Waals surface area (Å²) in [5.41, 5.74) is 0.218. The summed E-state index contributed by atoms with van der Waals surface area (Å²) in [6.07, 6.45) is 10.7. The van der Waals surface area contributed by atoms with Gasteiger partial charge in [-0.05, 0) is 74.0 Å². The van der Waals surface area contributed by atoms with Gasteiger partial charge < -0.3 is 0 Å². The fourth-order valence-electron chi connectivity index (χ4n) is 7.78. The standard InChI is InChI=1S/C21H32O2/c1-13(22)16-9-10-17-15-8-7-14-6-4-5-11-20(14,2)19(15)18(23)12-21(16,17)3/h14-17,19H,4-12H2,1-3H3/t14-,15+,16+,17-,19-,20+,21-/m1/s1. The second-order valence-corrected chi connectivity index (χ2v) is 9.66. The first kappa shape index (κ1) is 15.8. The Labute approximate surface area is 140 Å². The third-order valence-electron chi connectivity index (χ3n) is 8.76. The number of carbonyl (C=O) groups excluding carboxylic acids is 2. The van der Waals surface area contributed by atoms with Crippen molar-refractivity contribution in [3.8, 4) is 0 Å². The SMILES string of the molecule is CC(=O)[C@@H]1CC[C@@H]2[C@@H]3CC[C@H]4CCCC[C@]4(C)[C@H]3C(=O)C[C@@]21C. The van der Waals surface area contributed by atoms with Gasteiger partial charge in [-0.25, -0.2) is 0 Å². The van der Waals surface area contributed by atoms with Gasteiger partial charge in [0.05, 0.1) is 0 Å². The summed E-state index contributed by atoms with van der Waals surface area (Å²) in [6.45, 7) is 6.44. The van der Waals surface area contributed by atoms with E-state index >= 15 is 0 Å². The van der Waals surface area contributed by atoms with Gasteiger partial charge in [0, 0.05) is 18.3 Å². The van der Waals surface area contributed by atoms with Gasteiger partial charge in [-0.3, -0.25) is 9.59 Å². The molecule has 4 aliphatic rings. The van der Waals surface area contributed by atoms with Crippen molar-refractivity contribution >= 4 is 11.6 Å². The van der Waals surface area contributed by atoms with Gasteiger partial charge in [-0.1, -0.05) is 26.7 Å². The average Bonchev–Trinajstić information content (AvgIpc) is 2.82. The molecule has 4 aliphatic carbocycles. The maximum atomic E-state index is 13.3. The Balaban J connectivity index is 1.70. The second kappa shape index (κ2) is 5.17. The molecule has 0 aromatic heterocycles. The fourth-order valence-corrected chi connectivity index (χ4v) is 7.78. The number of hydrogen-bond donors (Lipinski definition) is 0. The third kappa shape index (κ3) is 2.05. The summed E-state index contributed by atoms with van der Waals surface area (Å²) in [5, 5.41) is 0. The second-order valence-electron chi connectivity index (χ2n) is 9.66. The molecule has 0 N–H and O–H groups in total. The molecule has 0 saturated heterocycles. The summed E-state index contributed by atoms with van der Waals surface area (Å²) < 4.78 is 0. The van der Waals surface area contributed by atoms with Crippen molar-refractivity contribution in [3.63, 3.8) is 0 Å². The van der Waals surface area contributed by atoms with Crippen LogP contribution in [0.5, 0.6) is 0 Å². The molecule has 0 aromatic carbocycles. The van der Waals surface area contributed by atoms with Crippen molar-refractivity contribution in [1.82, 2.24) is 0 Å². The average molecular weight is 316 g/mol. The lowest BCUT2D eigenvalue weighted by Gasteiger charge is -2.59. The van der Waals surface area contributed by atoms with Crippen LogP contribution in [0.25, 0.3) is 0 Å². The van der Waals surface area contributed by atoms with Crippen LogP contribution in [0.3, 0.4) is 0 Å². The summed E-state index contributed by atoms with van der Waals surface area (Å²) in [5.74, 6) is 3.20. The van der Waals surface area contributed by atoms with Crippen molar-refractivity contribution in [2.24, 2.45) is 40.4 Å². The van der Waals surface area contributed by atoms with E-state index in [1.54, 1.807) is 6.92 Å². The largest absolute Gasteiger partial charge is 0.300 e. The molecule has 2 nitrogen and oxygen atoms in total. The quantitative estimate of drug-likeness (QED) is 0.696. The van der Waals surface area contributed by atoms with E-state index in [-0.39, 0.29) is 16.7 Å². The summed E-state index contributed by atoms with van der Waals surface area (Å²) in [6, 6.07) is 0. The van der Waals surface area contributed by atoms with Crippen LogP contribution in [0.1, 0.15) is 78.6 Å². The van der Waals surface area contributed by atoms with Crippen LogP contribution in [-0.2, 0) is 9.59 Å². The van der Waals surface area contributed by atoms with E-state index in [1.807, 2.05) is 0 Å². The van der Waals surface area contributed by atoms with Crippen molar-refractivity contribution < 1.29 is 9.59 Å². The summed E-state index contributed by atoms with van der Waals surface area (Å²) >= 11 is 0. The lowest BCUT2D eigenvalue weighted by atomic mass is 9.44. The first-order valence-electron chi connectivity index (χ1n) is 9.91. The van der Waals surface area contributed by atoms with Crippen LogP contribution in [-0.4, -0.2) is 11.6 Å². The first-order chi connectivity index (χ1) is 10.9. The van der Waals surface area contributed by atoms with E-state index < -0.39 is 0 Å². The lowest BCUT2D eigenvalue weighted by molar-refractivity contribution is -0.158. The zero-order chi connectivity index (χ0) is 16.4. The number of carbonyl (C=O) groups is 2. The summed E-state index contributed by atoms with van der Waals surface area (Å²) in [7, 11) is 0. The van der Waals surface area contributed by atoms with E-state index in [1.165, 1.54) is 44.9 Å². The van der Waals surface area contributed by atoms with Gasteiger partial charge in [-0.15, -0.1) is 0 Å². The highest BCUT2D eigenvalue weighted by molar-refractivity contribution is 5.87. The molecule has 7 atom stereocenters. The van der Waals surface area contributed by atoms with Gasteiger partial charge >= 0.3 is 0 Å². The number of ketones is 2. The van der Waals surface area contributed by atoms with Crippen LogP contribution in [0.2, 0.25) is 0 Å². The molecule has 0 aliphatic heterocycles. The van der Waals surface area contributed by atoms with Crippen molar-refractivity contribution in [1.29, 1.82) is 0 Å². The van der Waals surface area contributed by atoms with Gasteiger partial charge in [0.25, 0.3) is 0 Å². The number of rotatable bonds is 1. The normalized spacial score (nSPS) is 52.5. The number of Topliss-reactive ketones (excluding diaryl/α,β-unsaturated/α-hetero) is 2. The topological polar surface area (TPSA) is 34.1 Å². The van der Waals surface area contributed by atoms with E-state index in [0.717, 1.165) is 12.3 Å². The van der Waals surface area contributed by atoms with Gasteiger partial charge in [0.2, 0.25) is 0 Å². The molecule has 4 rings (SSSR count). The zero-order valence-electron chi connectivity index (χ0n) is 15.1. The lowest BCUT2D eigenvalue weighted by Crippen LogP contribution is -2.57. The van der Waals surface area contributed by atoms with E-state index in [4.69, 9.17) is 0 Å². The smallest absolute Gasteiger partial charge is 0.137 e. The third-order valence-corrected chi connectivity index (χ3v) is 8.76. The Morgan fingerprint density at radius 3 is 2.52 bits per heavy atom. The van der Waals surface area contributed by atoms with Gasteiger partial charge in [-0.2, -0.15) is 0 Å². The Hall–Kier alpha value is -0.660. The van der Waals surface area contributed by atoms with Crippen molar-refractivity contribution in [2.75, 3.05) is 0 Å². The van der Waals surface area contributed by atoms with Crippen LogP contribution < -0.4 is 0 Å². The Kier molecular flexibility index (Phi) is 3.56. The molecule has 0 unspecified atom stereocenters. The molecule has 0 amide bonds. The highest BCUT2D eigenvalue weighted by Crippen LogP contribution is 2.66. The molecule has 4 saturated carbocycles. The van der Waals surface area contributed by atoms with E-state index in [0.29, 0.717) is 35.7 Å². The molecule has 0 spiro atoms. The minimum absolute atomic E-state index is 0.0397. The molecule has 128 valence electrons. The number of fused-ring (bicyclic) bond motifs is 5. The monoisotopic (exact) mass is 316 g/mol. The molecule has 0 bridgehead atoms. The van der Waals surface area contributed by atoms with Crippen LogP contribution >= 0.6 is 0 Å². The Morgan fingerprint density at radius 2 is 1.78 bits per heavy atom. The maximum Gasteiger partial charge on any atom is 0.137 e. The highest BCUT2D eigenvalue weighted by atomic mass is 16.1. The molecule has 2 heteroatoms. The first-order valence-corrected chi connectivity index (χ1v) is 9.91. The Bertz CT molecular complexity index is 538. The van der Waals surface area contributed by atoms with Crippen LogP contribution in [0, 0.1) is 40.4 Å². The predicted molar refractivity (Wildman–Crippen MR) is 90.9 cm³/mol. The molecule has 0 heterocycles. The molecule has 0 aromatic rings. The molecular weight excluding hydrogens is 284 g/mol. The fraction of sp³-hybridized carbons (Fsp3) is 0.905. The van der Waals surface area contributed by atoms with Crippen molar-refractivity contribution in [3.05, 3.63) is 0 Å². The molecular formula is C21H32O2. The van der Waals surface area contributed by atoms with Crippen molar-refractivity contribution in [2.45, 2.75) is 78.6 Å². The predicted octanol–water partition coefficient (Wildman–Crippen LogP) is 4.80. The molecule has 0 radical (unpaired) electrons. The molecule has 23 heavy (non-hydrogen) atoms. The Morgan fingerprint density at radius 1 is 1.00 bits per heavy atom. The zero-order valence-corrected chi connectivity index (χ0v) is 15.1. The maximum absolute atomic E-state index is 13.3. The number of hydrogen-bond acceptors (Lipinski definition) is 2. The van der Waals surface area contributed by atoms with Crippen LogP contribution in [0.15, 0.2) is 0 Å². The van der Waals surface area contributed by atoms with E-state index in [2.05, 4.69) is 13.8 Å².